The molecule has 4 aromatic carbocycles. The van der Waals surface area contributed by atoms with E-state index in [1.165, 1.54) is 0 Å². The summed E-state index contributed by atoms with van der Waals surface area (Å²) in [7, 11) is 0. The number of benzene rings is 4. The maximum absolute atomic E-state index is 13.3. The number of halogens is 6. The van der Waals surface area contributed by atoms with E-state index in [0.717, 1.165) is 32.0 Å². The molecule has 2 atom stereocenters. The van der Waals surface area contributed by atoms with Crippen LogP contribution in [0, 0.1) is 0 Å². The van der Waals surface area contributed by atoms with Gasteiger partial charge in [0, 0.05) is 17.4 Å². The van der Waals surface area contributed by atoms with E-state index in [4.69, 9.17) is 4.98 Å². The zero-order valence-corrected chi connectivity index (χ0v) is 25.1. The Morgan fingerprint density at radius 1 is 0.830 bits per heavy atom. The van der Waals surface area contributed by atoms with Gasteiger partial charge in [0.25, 0.3) is 0 Å². The van der Waals surface area contributed by atoms with Crippen molar-refractivity contribution in [3.63, 3.8) is 0 Å². The number of anilines is 1. The molecule has 2 heterocycles. The van der Waals surface area contributed by atoms with Gasteiger partial charge in [0.1, 0.15) is 6.23 Å². The van der Waals surface area contributed by atoms with Gasteiger partial charge in [-0.05, 0) is 60.0 Å². The first-order valence-corrected chi connectivity index (χ1v) is 15.2. The molecule has 0 aliphatic heterocycles. The quantitative estimate of drug-likeness (QED) is 0.108. The summed E-state index contributed by atoms with van der Waals surface area (Å²) in [5.41, 5.74) is 0.397. The number of nitrogens with zero attached hydrogens (tertiary/aromatic N) is 2. The van der Waals surface area contributed by atoms with E-state index < -0.39 is 53.6 Å². The second-order valence-electron chi connectivity index (χ2n) is 11.0. The number of aliphatic hydroxyl groups excluding tert-OH is 1. The predicted octanol–water partition coefficient (Wildman–Crippen LogP) is 7.95. The largest absolute Gasteiger partial charge is 0.416 e. The molecule has 0 aliphatic carbocycles. The molecule has 6 aromatic rings. The molecule has 0 saturated heterocycles. The molecule has 0 bridgehead atoms. The lowest BCUT2D eigenvalue weighted by atomic mass is 10.0. The number of alkyl halides is 6. The Hall–Kier alpha value is -4.88. The van der Waals surface area contributed by atoms with Crippen LogP contribution in [0.3, 0.4) is 0 Å². The van der Waals surface area contributed by atoms with Crippen molar-refractivity contribution in [1.82, 2.24) is 14.7 Å². The smallest absolute Gasteiger partial charge is 0.372 e. The van der Waals surface area contributed by atoms with Gasteiger partial charge in [0.2, 0.25) is 5.91 Å². The van der Waals surface area contributed by atoms with Crippen molar-refractivity contribution in [3.8, 4) is 11.3 Å². The zero-order valence-electron chi connectivity index (χ0n) is 24.3. The minimum Gasteiger partial charge on any atom is -0.372 e. The second kappa shape index (κ2) is 12.7. The number of amides is 1. The van der Waals surface area contributed by atoms with Gasteiger partial charge in [0.15, 0.2) is 4.96 Å². The highest BCUT2D eigenvalue weighted by atomic mass is 32.1. The molecular weight excluding hydrogens is 642 g/mol. The van der Waals surface area contributed by atoms with Gasteiger partial charge in [0.05, 0.1) is 39.5 Å². The Morgan fingerprint density at radius 3 is 2.13 bits per heavy atom. The number of aliphatic hydroxyl groups is 1. The third-order valence-corrected chi connectivity index (χ3v) is 8.57. The molecule has 47 heavy (non-hydrogen) atoms. The van der Waals surface area contributed by atoms with Crippen molar-refractivity contribution in [3.05, 3.63) is 126 Å². The lowest BCUT2D eigenvalue weighted by molar-refractivity contribution is -0.143. The Bertz CT molecular complexity index is 1990. The number of imidazole rings is 1. The van der Waals surface area contributed by atoms with Crippen molar-refractivity contribution >= 4 is 38.1 Å². The average molecular weight is 669 g/mol. The first kappa shape index (κ1) is 32.1. The Morgan fingerprint density at radius 2 is 1.47 bits per heavy atom. The maximum atomic E-state index is 13.3. The molecule has 6 rings (SSSR count). The van der Waals surface area contributed by atoms with Crippen molar-refractivity contribution in [2.24, 2.45) is 0 Å². The van der Waals surface area contributed by atoms with Crippen LogP contribution < -0.4 is 10.6 Å². The first-order valence-electron chi connectivity index (χ1n) is 14.4. The van der Waals surface area contributed by atoms with Gasteiger partial charge in [-0.1, -0.05) is 65.9 Å². The van der Waals surface area contributed by atoms with E-state index in [1.807, 2.05) is 47.0 Å². The molecule has 0 aliphatic rings. The van der Waals surface area contributed by atoms with E-state index in [-0.39, 0.29) is 12.5 Å². The van der Waals surface area contributed by atoms with Crippen LogP contribution in [0.2, 0.25) is 0 Å². The van der Waals surface area contributed by atoms with Crippen LogP contribution in [0.25, 0.3) is 26.4 Å². The summed E-state index contributed by atoms with van der Waals surface area (Å²) in [6.07, 6.45) is -10.2. The lowest BCUT2D eigenvalue weighted by Gasteiger charge is -2.26. The monoisotopic (exact) mass is 668 g/mol. The van der Waals surface area contributed by atoms with Crippen LogP contribution in [0.4, 0.5) is 32.0 Å². The lowest BCUT2D eigenvalue weighted by Crippen LogP contribution is -2.48. The molecule has 1 unspecified atom stereocenters. The number of hydrogen-bond acceptors (Lipinski definition) is 5. The SMILES string of the molecule is O=C(Cc1cc(C(F)(F)F)cc(C(F)(F)F)c1)N[C@H](Cc1ccccc1)C(O)Nc1ccc(-c2cn3c(n2)sc2ccccc23)cc1. The van der Waals surface area contributed by atoms with E-state index in [1.54, 1.807) is 53.8 Å². The summed E-state index contributed by atoms with van der Waals surface area (Å²) in [5, 5.41) is 16.7. The summed E-state index contributed by atoms with van der Waals surface area (Å²) in [6.45, 7) is 0. The molecule has 0 saturated carbocycles. The van der Waals surface area contributed by atoms with Crippen molar-refractivity contribution < 1.29 is 36.2 Å². The molecule has 0 radical (unpaired) electrons. The number of para-hydroxylation sites is 1. The molecule has 6 nitrogen and oxygen atoms in total. The maximum Gasteiger partial charge on any atom is 0.416 e. The molecule has 2 aromatic heterocycles. The minimum absolute atomic E-state index is 0.00999. The zero-order chi connectivity index (χ0) is 33.3. The highest BCUT2D eigenvalue weighted by Crippen LogP contribution is 2.36. The standard InChI is InChI=1S/C34H26F6N4O2S/c35-33(36,37)23-14-21(15-24(18-23)34(38,39)40)17-30(45)42-26(16-20-6-2-1-3-7-20)31(46)41-25-12-10-22(11-13-25)27-19-44-28-8-4-5-9-29(28)47-32(44)43-27/h1-15,18-19,26,31,41,46H,16-17H2,(H,42,45)/t26-,31?/m1/s1. The normalized spacial score (nSPS) is 13.5. The molecule has 0 fully saturated rings. The third kappa shape index (κ3) is 7.42. The molecular formula is C34H26F6N4O2S. The summed E-state index contributed by atoms with van der Waals surface area (Å²) in [5.74, 6) is -0.859. The van der Waals surface area contributed by atoms with Crippen molar-refractivity contribution in [1.29, 1.82) is 0 Å². The number of aromatic nitrogens is 2. The van der Waals surface area contributed by atoms with E-state index >= 15 is 0 Å². The molecule has 13 heteroatoms. The van der Waals surface area contributed by atoms with E-state index in [0.29, 0.717) is 17.8 Å². The van der Waals surface area contributed by atoms with Crippen LogP contribution in [-0.4, -0.2) is 32.7 Å². The number of hydrogen-bond donors (Lipinski definition) is 3. The predicted molar refractivity (Wildman–Crippen MR) is 168 cm³/mol. The summed E-state index contributed by atoms with van der Waals surface area (Å²) in [6, 6.07) is 24.0. The molecule has 1 amide bonds. The number of thiazole rings is 1. The third-order valence-electron chi connectivity index (χ3n) is 7.53. The van der Waals surface area contributed by atoms with Gasteiger partial charge in [-0.15, -0.1) is 0 Å². The highest BCUT2D eigenvalue weighted by molar-refractivity contribution is 7.23. The number of nitrogens with one attached hydrogen (secondary N) is 2. The highest BCUT2D eigenvalue weighted by Gasteiger charge is 2.37. The van der Waals surface area contributed by atoms with Crippen molar-refractivity contribution in [2.75, 3.05) is 5.32 Å². The molecule has 3 N–H and O–H groups in total. The Labute approximate surface area is 268 Å². The second-order valence-corrected chi connectivity index (χ2v) is 12.0. The van der Waals surface area contributed by atoms with E-state index in [9.17, 15) is 36.2 Å². The number of rotatable bonds is 9. The van der Waals surface area contributed by atoms with Crippen LogP contribution >= 0.6 is 11.3 Å². The molecule has 0 spiro atoms. The van der Waals surface area contributed by atoms with Crippen LogP contribution in [0.1, 0.15) is 22.3 Å². The number of fused-ring (bicyclic) bond motifs is 3. The summed E-state index contributed by atoms with van der Waals surface area (Å²) >= 11 is 1.57. The topological polar surface area (TPSA) is 78.7 Å². The van der Waals surface area contributed by atoms with Gasteiger partial charge in [-0.2, -0.15) is 26.3 Å². The van der Waals surface area contributed by atoms with Crippen LogP contribution in [-0.2, 0) is 30.0 Å². The average Bonchev–Trinajstić information content (AvgIpc) is 3.59. The fourth-order valence-corrected chi connectivity index (χ4v) is 6.28. The van der Waals surface area contributed by atoms with Gasteiger partial charge in [-0.25, -0.2) is 4.98 Å². The summed E-state index contributed by atoms with van der Waals surface area (Å²) < 4.78 is 83.2. The first-order chi connectivity index (χ1) is 22.3. The van der Waals surface area contributed by atoms with Crippen molar-refractivity contribution in [2.45, 2.75) is 37.5 Å². The van der Waals surface area contributed by atoms with Crippen LogP contribution in [0.5, 0.6) is 0 Å². The van der Waals surface area contributed by atoms with Crippen LogP contribution in [0.15, 0.2) is 103 Å². The summed E-state index contributed by atoms with van der Waals surface area (Å²) in [4.78, 5) is 18.6. The number of carbonyl (C=O) groups excluding carboxylic acids is 1. The van der Waals surface area contributed by atoms with E-state index in [2.05, 4.69) is 10.6 Å². The fourth-order valence-electron chi connectivity index (χ4n) is 5.27. The molecule has 242 valence electrons. The van der Waals surface area contributed by atoms with Gasteiger partial charge in [-0.3, -0.25) is 9.20 Å². The Kier molecular flexibility index (Phi) is 8.68. The van der Waals surface area contributed by atoms with Gasteiger partial charge >= 0.3 is 12.4 Å². The Balaban J connectivity index is 1.18. The fraction of sp³-hybridized carbons (Fsp3) is 0.176. The van der Waals surface area contributed by atoms with Gasteiger partial charge < -0.3 is 15.7 Å². The number of carbonyl (C=O) groups is 1. The minimum atomic E-state index is -5.04.